The summed E-state index contributed by atoms with van der Waals surface area (Å²) in [5, 5.41) is 12.7. The highest BCUT2D eigenvalue weighted by molar-refractivity contribution is 5.82. The Labute approximate surface area is 146 Å². The Hall–Kier alpha value is -2.16. The number of aliphatic hydroxyl groups excluding tert-OH is 1. The summed E-state index contributed by atoms with van der Waals surface area (Å²) in [7, 11) is 1.16. The summed E-state index contributed by atoms with van der Waals surface area (Å²) in [5.41, 5.74) is 0.794. The molecule has 1 aromatic rings. The SMILES string of the molecule is COC(=O)[C@@H](NC(=O)OCc1ccccc1)[C@@H](O)[C@H]1COC(C)(C)O1. The highest BCUT2D eigenvalue weighted by atomic mass is 16.7. The number of rotatable bonds is 6. The molecule has 8 heteroatoms. The van der Waals surface area contributed by atoms with E-state index in [0.717, 1.165) is 12.7 Å². The monoisotopic (exact) mass is 353 g/mol. The van der Waals surface area contributed by atoms with E-state index in [1.54, 1.807) is 26.0 Å². The van der Waals surface area contributed by atoms with E-state index in [9.17, 15) is 14.7 Å². The molecule has 1 amide bonds. The number of aliphatic hydroxyl groups is 1. The molecule has 1 saturated heterocycles. The number of benzene rings is 1. The molecule has 2 N–H and O–H groups in total. The minimum absolute atomic E-state index is 0.0345. The minimum atomic E-state index is -1.35. The summed E-state index contributed by atoms with van der Waals surface area (Å²) in [6.07, 6.45) is -2.98. The van der Waals surface area contributed by atoms with E-state index in [1.807, 2.05) is 18.2 Å². The van der Waals surface area contributed by atoms with Gasteiger partial charge in [-0.25, -0.2) is 9.59 Å². The fourth-order valence-electron chi connectivity index (χ4n) is 2.40. The number of amides is 1. The maximum absolute atomic E-state index is 12.0. The molecule has 25 heavy (non-hydrogen) atoms. The van der Waals surface area contributed by atoms with Gasteiger partial charge in [-0.15, -0.1) is 0 Å². The largest absolute Gasteiger partial charge is 0.467 e. The number of hydrogen-bond acceptors (Lipinski definition) is 7. The Morgan fingerprint density at radius 3 is 2.60 bits per heavy atom. The van der Waals surface area contributed by atoms with Crippen molar-refractivity contribution in [2.45, 2.75) is 44.5 Å². The zero-order chi connectivity index (χ0) is 18.4. The fraction of sp³-hybridized carbons (Fsp3) is 0.529. The first-order valence-corrected chi connectivity index (χ1v) is 7.87. The quantitative estimate of drug-likeness (QED) is 0.734. The lowest BCUT2D eigenvalue weighted by atomic mass is 10.1. The van der Waals surface area contributed by atoms with Crippen LogP contribution >= 0.6 is 0 Å². The average Bonchev–Trinajstić information content (AvgIpc) is 2.97. The lowest BCUT2D eigenvalue weighted by molar-refractivity contribution is -0.162. The first-order valence-electron chi connectivity index (χ1n) is 7.87. The van der Waals surface area contributed by atoms with Gasteiger partial charge in [0.25, 0.3) is 0 Å². The number of alkyl carbamates (subject to hydrolysis) is 1. The number of nitrogens with one attached hydrogen (secondary N) is 1. The molecule has 0 spiro atoms. The van der Waals surface area contributed by atoms with Crippen molar-refractivity contribution in [3.05, 3.63) is 35.9 Å². The standard InChI is InChI=1S/C17H23NO7/c1-17(2)24-10-12(25-17)14(19)13(15(20)22-3)18-16(21)23-9-11-7-5-4-6-8-11/h4-8,12-14,19H,9-10H2,1-3H3,(H,18,21)/t12-,13+,14+/m1/s1. The van der Waals surface area contributed by atoms with Gasteiger partial charge >= 0.3 is 12.1 Å². The molecule has 1 fully saturated rings. The van der Waals surface area contributed by atoms with Gasteiger partial charge in [0.15, 0.2) is 11.8 Å². The third kappa shape index (κ3) is 5.42. The number of esters is 1. The maximum Gasteiger partial charge on any atom is 0.408 e. The van der Waals surface area contributed by atoms with E-state index < -0.39 is 36.1 Å². The summed E-state index contributed by atoms with van der Waals surface area (Å²) in [6, 6.07) is 7.74. The van der Waals surface area contributed by atoms with Gasteiger partial charge in [0.05, 0.1) is 13.7 Å². The second-order valence-electron chi connectivity index (χ2n) is 6.06. The van der Waals surface area contributed by atoms with Gasteiger partial charge in [-0.3, -0.25) is 0 Å². The molecule has 0 bridgehead atoms. The Bertz CT molecular complexity index is 590. The van der Waals surface area contributed by atoms with Crippen molar-refractivity contribution in [1.82, 2.24) is 5.32 Å². The van der Waals surface area contributed by atoms with Crippen LogP contribution in [0.4, 0.5) is 4.79 Å². The Morgan fingerprint density at radius 1 is 1.36 bits per heavy atom. The van der Waals surface area contributed by atoms with Gasteiger partial charge in [-0.05, 0) is 19.4 Å². The Balaban J connectivity index is 1.95. The maximum atomic E-state index is 12.0. The zero-order valence-electron chi connectivity index (χ0n) is 14.4. The molecule has 0 unspecified atom stereocenters. The van der Waals surface area contributed by atoms with E-state index in [2.05, 4.69) is 10.1 Å². The molecule has 1 aliphatic rings. The number of hydrogen-bond donors (Lipinski definition) is 2. The normalized spacial score (nSPS) is 21.2. The molecule has 3 atom stereocenters. The van der Waals surface area contributed by atoms with Crippen LogP contribution in [0.3, 0.4) is 0 Å². The van der Waals surface area contributed by atoms with Crippen LogP contribution in [-0.4, -0.2) is 54.9 Å². The summed E-state index contributed by atoms with van der Waals surface area (Å²) in [6.45, 7) is 3.50. The van der Waals surface area contributed by atoms with E-state index in [0.29, 0.717) is 0 Å². The second-order valence-corrected chi connectivity index (χ2v) is 6.06. The topological polar surface area (TPSA) is 103 Å². The molecule has 138 valence electrons. The lowest BCUT2D eigenvalue weighted by Crippen LogP contribution is -2.54. The molecule has 1 heterocycles. The highest BCUT2D eigenvalue weighted by Gasteiger charge is 2.43. The molecule has 0 aliphatic carbocycles. The van der Waals surface area contributed by atoms with Gasteiger partial charge in [0.1, 0.15) is 18.8 Å². The van der Waals surface area contributed by atoms with Crippen LogP contribution in [0.1, 0.15) is 19.4 Å². The molecule has 8 nitrogen and oxygen atoms in total. The molecule has 0 radical (unpaired) electrons. The molecule has 1 aromatic carbocycles. The van der Waals surface area contributed by atoms with Crippen molar-refractivity contribution >= 4 is 12.1 Å². The number of methoxy groups -OCH3 is 1. The molecule has 1 aliphatic heterocycles. The minimum Gasteiger partial charge on any atom is -0.467 e. The summed E-state index contributed by atoms with van der Waals surface area (Å²) < 4.78 is 20.6. The summed E-state index contributed by atoms with van der Waals surface area (Å²) in [4.78, 5) is 23.9. The Morgan fingerprint density at radius 2 is 2.04 bits per heavy atom. The van der Waals surface area contributed by atoms with Crippen LogP contribution in [0.15, 0.2) is 30.3 Å². The van der Waals surface area contributed by atoms with Crippen molar-refractivity contribution < 1.29 is 33.6 Å². The molecule has 2 rings (SSSR count). The lowest BCUT2D eigenvalue weighted by Gasteiger charge is -2.26. The first kappa shape index (κ1) is 19.2. The smallest absolute Gasteiger partial charge is 0.408 e. The van der Waals surface area contributed by atoms with E-state index in [4.69, 9.17) is 14.2 Å². The van der Waals surface area contributed by atoms with Gasteiger partial charge in [0.2, 0.25) is 0 Å². The highest BCUT2D eigenvalue weighted by Crippen LogP contribution is 2.25. The molecule has 0 saturated carbocycles. The van der Waals surface area contributed by atoms with Gasteiger partial charge in [0, 0.05) is 0 Å². The predicted molar refractivity (Wildman–Crippen MR) is 86.5 cm³/mol. The van der Waals surface area contributed by atoms with Crippen molar-refractivity contribution in [3.63, 3.8) is 0 Å². The van der Waals surface area contributed by atoms with Crippen LogP contribution in [-0.2, 0) is 30.3 Å². The van der Waals surface area contributed by atoms with Gasteiger partial charge in [-0.1, -0.05) is 30.3 Å². The van der Waals surface area contributed by atoms with Gasteiger partial charge in [-0.2, -0.15) is 0 Å². The third-order valence-corrected chi connectivity index (χ3v) is 3.69. The van der Waals surface area contributed by atoms with E-state index in [1.165, 1.54) is 0 Å². The van der Waals surface area contributed by atoms with Crippen LogP contribution in [0, 0.1) is 0 Å². The van der Waals surface area contributed by atoms with Crippen molar-refractivity contribution in [1.29, 1.82) is 0 Å². The molecular formula is C17H23NO7. The Kier molecular flexibility index (Phi) is 6.35. The van der Waals surface area contributed by atoms with Crippen LogP contribution in [0.2, 0.25) is 0 Å². The third-order valence-electron chi connectivity index (χ3n) is 3.69. The van der Waals surface area contributed by atoms with Crippen molar-refractivity contribution in [2.75, 3.05) is 13.7 Å². The van der Waals surface area contributed by atoms with Crippen LogP contribution in [0.25, 0.3) is 0 Å². The van der Waals surface area contributed by atoms with Crippen molar-refractivity contribution in [2.24, 2.45) is 0 Å². The van der Waals surface area contributed by atoms with E-state index in [-0.39, 0.29) is 13.2 Å². The van der Waals surface area contributed by atoms with Crippen molar-refractivity contribution in [3.8, 4) is 0 Å². The zero-order valence-corrected chi connectivity index (χ0v) is 14.4. The average molecular weight is 353 g/mol. The van der Waals surface area contributed by atoms with E-state index >= 15 is 0 Å². The summed E-state index contributed by atoms with van der Waals surface area (Å²) in [5.74, 6) is -1.68. The fourth-order valence-corrected chi connectivity index (χ4v) is 2.40. The predicted octanol–water partition coefficient (Wildman–Crippen LogP) is 0.967. The summed E-state index contributed by atoms with van der Waals surface area (Å²) >= 11 is 0. The number of carbonyl (C=O) groups is 2. The molecule has 0 aromatic heterocycles. The molecular weight excluding hydrogens is 330 g/mol. The van der Waals surface area contributed by atoms with Crippen LogP contribution in [0.5, 0.6) is 0 Å². The number of ether oxygens (including phenoxy) is 4. The second kappa shape index (κ2) is 8.28. The van der Waals surface area contributed by atoms with Crippen LogP contribution < -0.4 is 5.32 Å². The first-order chi connectivity index (χ1) is 11.8. The number of carbonyl (C=O) groups excluding carboxylic acids is 2. The van der Waals surface area contributed by atoms with Gasteiger partial charge < -0.3 is 29.4 Å².